The van der Waals surface area contributed by atoms with Crippen molar-refractivity contribution in [2.45, 2.75) is 43.9 Å². The highest BCUT2D eigenvalue weighted by Gasteiger charge is 2.39. The zero-order valence-electron chi connectivity index (χ0n) is 16.1. The van der Waals surface area contributed by atoms with Gasteiger partial charge in [0.2, 0.25) is 5.91 Å². The molecule has 0 bridgehead atoms. The molecule has 2 N–H and O–H groups in total. The average molecular weight is 421 g/mol. The third-order valence-corrected chi connectivity index (χ3v) is 6.75. The van der Waals surface area contributed by atoms with Crippen molar-refractivity contribution in [3.8, 4) is 0 Å². The number of nitrogens with two attached hydrogens (primary N) is 1. The van der Waals surface area contributed by atoms with Gasteiger partial charge in [-0.3, -0.25) is 14.6 Å². The molecule has 1 aromatic carbocycles. The van der Waals surface area contributed by atoms with Crippen LogP contribution < -0.4 is 10.7 Å². The maximum atomic E-state index is 13.4. The van der Waals surface area contributed by atoms with Gasteiger partial charge in [-0.1, -0.05) is 0 Å². The minimum atomic E-state index is -0.762. The Balaban J connectivity index is 1.57. The maximum Gasteiger partial charge on any atom is 0.270 e. The quantitative estimate of drug-likeness (QED) is 0.758. The Kier molecular flexibility index (Phi) is 6.05. The fourth-order valence-electron chi connectivity index (χ4n) is 4.03. The van der Waals surface area contributed by atoms with Gasteiger partial charge >= 0.3 is 0 Å². The lowest BCUT2D eigenvalue weighted by molar-refractivity contribution is -0.127. The first kappa shape index (κ1) is 20.2. The van der Waals surface area contributed by atoms with Crippen LogP contribution in [0.25, 0.3) is 0 Å². The van der Waals surface area contributed by atoms with E-state index in [1.54, 1.807) is 0 Å². The van der Waals surface area contributed by atoms with Gasteiger partial charge in [0.05, 0.1) is 11.8 Å². The Bertz CT molecular complexity index is 791. The summed E-state index contributed by atoms with van der Waals surface area (Å²) in [4.78, 5) is 27.3. The Hall–Kier alpha value is -2.13. The van der Waals surface area contributed by atoms with Gasteiger partial charge in [-0.2, -0.15) is 16.9 Å². The number of halogens is 1. The molecular formula is C20H25FN4O3S. The highest BCUT2D eigenvalue weighted by atomic mass is 32.2. The first-order valence-corrected chi connectivity index (χ1v) is 11.1. The van der Waals surface area contributed by atoms with Gasteiger partial charge in [-0.25, -0.2) is 4.39 Å². The van der Waals surface area contributed by atoms with Crippen molar-refractivity contribution in [3.05, 3.63) is 30.1 Å². The summed E-state index contributed by atoms with van der Waals surface area (Å²) in [6.07, 6.45) is 3.09. The molecule has 7 nitrogen and oxygen atoms in total. The first-order chi connectivity index (χ1) is 14.0. The van der Waals surface area contributed by atoms with Crippen LogP contribution in [0.15, 0.2) is 29.4 Å². The zero-order valence-corrected chi connectivity index (χ0v) is 16.9. The largest absolute Gasteiger partial charge is 0.376 e. The van der Waals surface area contributed by atoms with Gasteiger partial charge in [0.15, 0.2) is 0 Å². The molecule has 0 spiro atoms. The van der Waals surface area contributed by atoms with E-state index in [4.69, 9.17) is 10.5 Å². The number of carbonyl (C=O) groups is 2. The molecule has 3 aliphatic rings. The Morgan fingerprint density at radius 1 is 1.31 bits per heavy atom. The summed E-state index contributed by atoms with van der Waals surface area (Å²) in [6, 6.07) is 5.03. The molecule has 2 amide bonds. The number of rotatable bonds is 6. The molecule has 156 valence electrons. The second-order valence-corrected chi connectivity index (χ2v) is 8.75. The molecule has 2 fully saturated rings. The number of thioether (sulfide) groups is 1. The summed E-state index contributed by atoms with van der Waals surface area (Å²) in [6.45, 7) is 1.27. The van der Waals surface area contributed by atoms with Crippen molar-refractivity contribution in [1.82, 2.24) is 4.90 Å². The number of hydrazone groups is 1. The van der Waals surface area contributed by atoms with Gasteiger partial charge in [0.25, 0.3) is 5.91 Å². The summed E-state index contributed by atoms with van der Waals surface area (Å²) >= 11 is 1.84. The topological polar surface area (TPSA) is 88.2 Å². The highest BCUT2D eigenvalue weighted by molar-refractivity contribution is 7.99. The number of carbonyl (C=O) groups excluding carboxylic acids is 2. The lowest BCUT2D eigenvalue weighted by Crippen LogP contribution is -2.47. The monoisotopic (exact) mass is 420 g/mol. The Labute approximate surface area is 173 Å². The summed E-state index contributed by atoms with van der Waals surface area (Å²) in [5.74, 6) is 0.808. The molecule has 0 radical (unpaired) electrons. The first-order valence-electron chi connectivity index (χ1n) is 9.95. The number of ether oxygens (including phenoxy) is 1. The molecule has 3 atom stereocenters. The van der Waals surface area contributed by atoms with Crippen molar-refractivity contribution in [1.29, 1.82) is 0 Å². The molecule has 2 saturated heterocycles. The van der Waals surface area contributed by atoms with Crippen LogP contribution in [0, 0.1) is 5.82 Å². The Morgan fingerprint density at radius 2 is 2.10 bits per heavy atom. The molecule has 0 aliphatic carbocycles. The molecule has 3 heterocycles. The lowest BCUT2D eigenvalue weighted by Gasteiger charge is -2.30. The van der Waals surface area contributed by atoms with Gasteiger partial charge in [0.1, 0.15) is 17.6 Å². The molecule has 3 unspecified atom stereocenters. The van der Waals surface area contributed by atoms with E-state index in [2.05, 4.69) is 5.10 Å². The van der Waals surface area contributed by atoms with Crippen LogP contribution in [-0.4, -0.2) is 65.3 Å². The minimum absolute atomic E-state index is 0.0479. The number of amides is 2. The van der Waals surface area contributed by atoms with Crippen LogP contribution >= 0.6 is 11.8 Å². The lowest BCUT2D eigenvalue weighted by atomic mass is 10.1. The van der Waals surface area contributed by atoms with Crippen molar-refractivity contribution < 1.29 is 18.7 Å². The predicted molar refractivity (Wildman–Crippen MR) is 110 cm³/mol. The van der Waals surface area contributed by atoms with Crippen LogP contribution in [0.5, 0.6) is 0 Å². The fourth-order valence-corrected chi connectivity index (χ4v) is 5.26. The molecule has 4 rings (SSSR count). The van der Waals surface area contributed by atoms with Crippen molar-refractivity contribution in [2.75, 3.05) is 29.7 Å². The van der Waals surface area contributed by atoms with Crippen LogP contribution in [0.3, 0.4) is 0 Å². The van der Waals surface area contributed by atoms with Crippen LogP contribution in [0.4, 0.5) is 10.1 Å². The van der Waals surface area contributed by atoms with Crippen molar-refractivity contribution >= 4 is 35.0 Å². The zero-order chi connectivity index (χ0) is 20.4. The molecular weight excluding hydrogens is 395 g/mol. The van der Waals surface area contributed by atoms with E-state index in [-0.39, 0.29) is 30.3 Å². The predicted octanol–water partition coefficient (Wildman–Crippen LogP) is 1.76. The van der Waals surface area contributed by atoms with E-state index >= 15 is 0 Å². The molecule has 0 saturated carbocycles. The standard InChI is InChI=1S/C20H25FN4O3S/c21-13-3-5-14(6-4-13)25-18(19(22)26)10-17(23-25)20(27)24(15-7-9-29-12-15)11-16-2-1-8-28-16/h3-6,15-16,18H,1-2,7-12H2,(H2,22,26). The minimum Gasteiger partial charge on any atom is -0.376 e. The third-order valence-electron chi connectivity index (χ3n) is 5.61. The molecule has 9 heteroatoms. The fraction of sp³-hybridized carbons (Fsp3) is 0.550. The number of hydrogen-bond acceptors (Lipinski definition) is 6. The summed E-state index contributed by atoms with van der Waals surface area (Å²) < 4.78 is 19.0. The Morgan fingerprint density at radius 3 is 2.72 bits per heavy atom. The van der Waals surface area contributed by atoms with E-state index in [0.717, 1.165) is 37.4 Å². The van der Waals surface area contributed by atoms with Crippen molar-refractivity contribution in [3.63, 3.8) is 0 Å². The van der Waals surface area contributed by atoms with E-state index in [0.29, 0.717) is 17.9 Å². The van der Waals surface area contributed by atoms with Crippen LogP contribution in [0.2, 0.25) is 0 Å². The average Bonchev–Trinajstić information content (AvgIpc) is 3.47. The number of anilines is 1. The number of benzene rings is 1. The van der Waals surface area contributed by atoms with Gasteiger partial charge in [0, 0.05) is 31.4 Å². The maximum absolute atomic E-state index is 13.4. The molecule has 3 aliphatic heterocycles. The normalized spacial score (nSPS) is 26.6. The van der Waals surface area contributed by atoms with E-state index in [1.807, 2.05) is 16.7 Å². The van der Waals surface area contributed by atoms with Crippen LogP contribution in [0.1, 0.15) is 25.7 Å². The number of primary amides is 1. The number of hydrogen-bond donors (Lipinski definition) is 1. The summed E-state index contributed by atoms with van der Waals surface area (Å²) in [7, 11) is 0. The second-order valence-electron chi connectivity index (χ2n) is 7.60. The van der Waals surface area contributed by atoms with Gasteiger partial charge < -0.3 is 15.4 Å². The smallest absolute Gasteiger partial charge is 0.270 e. The molecule has 1 aromatic rings. The van der Waals surface area contributed by atoms with E-state index in [1.165, 1.54) is 29.3 Å². The number of nitrogens with zero attached hydrogens (tertiary/aromatic N) is 3. The molecule has 29 heavy (non-hydrogen) atoms. The molecule has 0 aromatic heterocycles. The van der Waals surface area contributed by atoms with Crippen LogP contribution in [-0.2, 0) is 14.3 Å². The van der Waals surface area contributed by atoms with Gasteiger partial charge in [-0.05, 0) is 49.3 Å². The van der Waals surface area contributed by atoms with E-state index in [9.17, 15) is 14.0 Å². The second kappa shape index (κ2) is 8.71. The summed E-state index contributed by atoms with van der Waals surface area (Å²) in [5.41, 5.74) is 6.41. The van der Waals surface area contributed by atoms with E-state index < -0.39 is 11.9 Å². The summed E-state index contributed by atoms with van der Waals surface area (Å²) in [5, 5.41) is 5.88. The van der Waals surface area contributed by atoms with Crippen molar-refractivity contribution in [2.24, 2.45) is 10.8 Å². The van der Waals surface area contributed by atoms with Gasteiger partial charge in [-0.15, -0.1) is 0 Å². The highest BCUT2D eigenvalue weighted by Crippen LogP contribution is 2.28. The third kappa shape index (κ3) is 4.40. The SMILES string of the molecule is NC(=O)C1CC(C(=O)N(CC2CCCO2)C2CCSC2)=NN1c1ccc(F)cc1.